The van der Waals surface area contributed by atoms with Crippen LogP contribution >= 0.6 is 0 Å². The Hall–Kier alpha value is -4.24. The highest BCUT2D eigenvalue weighted by molar-refractivity contribution is 6.11. The van der Waals surface area contributed by atoms with E-state index in [9.17, 15) is 36.9 Å². The first-order chi connectivity index (χ1) is 16.5. The summed E-state index contributed by atoms with van der Waals surface area (Å²) in [5.74, 6) is 0. The number of nitriles is 2. The molecule has 3 nitrogen and oxygen atoms in total. The molecule has 0 saturated heterocycles. The number of hydrogen-bond donors (Lipinski definition) is 0. The molecule has 0 spiro atoms. The van der Waals surface area contributed by atoms with Crippen LogP contribution in [0.15, 0.2) is 60.7 Å². The van der Waals surface area contributed by atoms with Crippen molar-refractivity contribution in [1.29, 1.82) is 10.5 Å². The minimum absolute atomic E-state index is 0.0177. The van der Waals surface area contributed by atoms with Crippen molar-refractivity contribution in [1.82, 2.24) is 4.57 Å². The Labute approximate surface area is 195 Å². The number of allylic oxidation sites excluding steroid dienone is 2. The van der Waals surface area contributed by atoms with Gasteiger partial charge in [-0.05, 0) is 54.4 Å². The molecule has 0 fully saturated rings. The second kappa shape index (κ2) is 8.52. The predicted octanol–water partition coefficient (Wildman–Crippen LogP) is 7.81. The number of para-hydroxylation sites is 1. The number of aromatic nitrogens is 1. The number of rotatable bonds is 3. The monoisotopic (exact) mass is 483 g/mol. The van der Waals surface area contributed by atoms with Crippen LogP contribution in [0.25, 0.3) is 33.0 Å². The molecule has 4 rings (SSSR count). The molecule has 4 aromatic rings. The normalized spacial score (nSPS) is 12.9. The lowest BCUT2D eigenvalue weighted by molar-refractivity contribution is -0.143. The fourth-order valence-electron chi connectivity index (χ4n) is 4.18. The third-order valence-corrected chi connectivity index (χ3v) is 5.73. The van der Waals surface area contributed by atoms with Crippen molar-refractivity contribution < 1.29 is 26.3 Å². The molecule has 1 aromatic heterocycles. The first kappa shape index (κ1) is 23.9. The SMILES string of the molecule is CCn1c2ccccc2c2cc(/C(C#N)=C(\C#N)c3cc(C(F)(F)F)cc(C(F)(F)F)c3)ccc21. The molecule has 9 heteroatoms. The number of halogens is 6. The van der Waals surface area contributed by atoms with Gasteiger partial charge in [0.05, 0.1) is 22.3 Å². The number of benzene rings is 3. The number of alkyl halides is 6. The lowest BCUT2D eigenvalue weighted by Crippen LogP contribution is -2.11. The van der Waals surface area contributed by atoms with Gasteiger partial charge in [0.2, 0.25) is 0 Å². The van der Waals surface area contributed by atoms with Crippen LogP contribution in [0, 0.1) is 22.7 Å². The van der Waals surface area contributed by atoms with Crippen LogP contribution in [0.5, 0.6) is 0 Å². The van der Waals surface area contributed by atoms with Crippen molar-refractivity contribution in [3.05, 3.63) is 82.9 Å². The highest BCUT2D eigenvalue weighted by atomic mass is 19.4. The van der Waals surface area contributed by atoms with Crippen molar-refractivity contribution in [2.75, 3.05) is 0 Å². The van der Waals surface area contributed by atoms with Gasteiger partial charge < -0.3 is 4.57 Å². The molecule has 1 heterocycles. The third kappa shape index (κ3) is 4.22. The van der Waals surface area contributed by atoms with Gasteiger partial charge in [0, 0.05) is 28.4 Å². The summed E-state index contributed by atoms with van der Waals surface area (Å²) in [5, 5.41) is 21.2. The van der Waals surface area contributed by atoms with Crippen molar-refractivity contribution in [3.63, 3.8) is 0 Å². The van der Waals surface area contributed by atoms with Gasteiger partial charge in [0.25, 0.3) is 0 Å². The summed E-state index contributed by atoms with van der Waals surface area (Å²) >= 11 is 0. The molecule has 0 aliphatic rings. The molecule has 0 unspecified atom stereocenters. The quantitative estimate of drug-likeness (QED) is 0.170. The third-order valence-electron chi connectivity index (χ3n) is 5.73. The topological polar surface area (TPSA) is 52.5 Å². The Morgan fingerprint density at radius 3 is 1.80 bits per heavy atom. The van der Waals surface area contributed by atoms with Crippen LogP contribution < -0.4 is 0 Å². The van der Waals surface area contributed by atoms with Gasteiger partial charge in [-0.25, -0.2) is 0 Å². The predicted molar refractivity (Wildman–Crippen MR) is 120 cm³/mol. The molecular formula is C26H15F6N3. The molecule has 35 heavy (non-hydrogen) atoms. The van der Waals surface area contributed by atoms with E-state index in [1.165, 1.54) is 6.07 Å². The number of nitrogens with zero attached hydrogens (tertiary/aromatic N) is 3. The second-order valence-electron chi connectivity index (χ2n) is 7.76. The summed E-state index contributed by atoms with van der Waals surface area (Å²) in [6.45, 7) is 2.61. The molecule has 0 N–H and O–H groups in total. The Balaban J connectivity index is 2.01. The summed E-state index contributed by atoms with van der Waals surface area (Å²) in [4.78, 5) is 0. The van der Waals surface area contributed by atoms with Crippen LogP contribution in [0.4, 0.5) is 26.3 Å². The molecule has 176 valence electrons. The molecule has 0 aliphatic heterocycles. The number of hydrogen-bond acceptors (Lipinski definition) is 2. The van der Waals surface area contributed by atoms with Gasteiger partial charge in [-0.1, -0.05) is 24.3 Å². The average Bonchev–Trinajstić information content (AvgIpc) is 3.14. The molecular weight excluding hydrogens is 468 g/mol. The zero-order valence-corrected chi connectivity index (χ0v) is 18.1. The maximum absolute atomic E-state index is 13.3. The highest BCUT2D eigenvalue weighted by Crippen LogP contribution is 2.39. The van der Waals surface area contributed by atoms with E-state index in [2.05, 4.69) is 0 Å². The lowest BCUT2D eigenvalue weighted by atomic mass is 9.93. The maximum atomic E-state index is 13.3. The smallest absolute Gasteiger partial charge is 0.341 e. The number of aryl methyl sites for hydroxylation is 1. The van der Waals surface area contributed by atoms with E-state index >= 15 is 0 Å². The van der Waals surface area contributed by atoms with E-state index in [1.54, 1.807) is 24.3 Å². The molecule has 3 aromatic carbocycles. The van der Waals surface area contributed by atoms with Crippen LogP contribution in [0.1, 0.15) is 29.2 Å². The summed E-state index contributed by atoms with van der Waals surface area (Å²) in [5.41, 5.74) is -2.69. The fraction of sp³-hybridized carbons (Fsp3) is 0.154. The van der Waals surface area contributed by atoms with E-state index in [-0.39, 0.29) is 17.2 Å². The summed E-state index contributed by atoms with van der Waals surface area (Å²) < 4.78 is 82.0. The maximum Gasteiger partial charge on any atom is 0.416 e. The highest BCUT2D eigenvalue weighted by Gasteiger charge is 2.37. The standard InChI is InChI=1S/C26H15F6N3/c1-2-35-23-6-4-3-5-19(23)20-11-15(7-8-24(20)35)21(13-33)22(14-34)16-9-17(25(27,28)29)12-18(10-16)26(30,31)32/h3-12H,2H2,1H3/b22-21+. The van der Waals surface area contributed by atoms with Crippen molar-refractivity contribution in [2.45, 2.75) is 25.8 Å². The van der Waals surface area contributed by atoms with Crippen LogP contribution in [-0.4, -0.2) is 4.57 Å². The van der Waals surface area contributed by atoms with Gasteiger partial charge in [0.15, 0.2) is 0 Å². The molecule has 0 bridgehead atoms. The van der Waals surface area contributed by atoms with Gasteiger partial charge in [-0.15, -0.1) is 0 Å². The average molecular weight is 483 g/mol. The van der Waals surface area contributed by atoms with Crippen molar-refractivity contribution >= 4 is 33.0 Å². The Bertz CT molecular complexity index is 1540. The number of fused-ring (bicyclic) bond motifs is 3. The molecule has 0 aliphatic carbocycles. The van der Waals surface area contributed by atoms with Gasteiger partial charge >= 0.3 is 12.4 Å². The van der Waals surface area contributed by atoms with E-state index in [0.717, 1.165) is 21.8 Å². The van der Waals surface area contributed by atoms with Crippen LogP contribution in [-0.2, 0) is 18.9 Å². The van der Waals surface area contributed by atoms with E-state index < -0.39 is 34.6 Å². The first-order valence-electron chi connectivity index (χ1n) is 10.3. The second-order valence-corrected chi connectivity index (χ2v) is 7.76. The van der Waals surface area contributed by atoms with Crippen molar-refractivity contribution in [2.24, 2.45) is 0 Å². The molecule has 0 atom stereocenters. The van der Waals surface area contributed by atoms with Gasteiger partial charge in [0.1, 0.15) is 12.1 Å². The van der Waals surface area contributed by atoms with Crippen molar-refractivity contribution in [3.8, 4) is 12.1 Å². The Kier molecular flexibility index (Phi) is 5.82. The minimum atomic E-state index is -5.08. The summed E-state index contributed by atoms with van der Waals surface area (Å²) in [7, 11) is 0. The molecule has 0 radical (unpaired) electrons. The summed E-state index contributed by atoms with van der Waals surface area (Å²) in [6.07, 6.45) is -10.2. The Morgan fingerprint density at radius 1 is 0.714 bits per heavy atom. The Morgan fingerprint density at radius 2 is 1.26 bits per heavy atom. The van der Waals surface area contributed by atoms with Gasteiger partial charge in [-0.3, -0.25) is 0 Å². The fourth-order valence-corrected chi connectivity index (χ4v) is 4.18. The largest absolute Gasteiger partial charge is 0.416 e. The van der Waals surface area contributed by atoms with Crippen LogP contribution in [0.2, 0.25) is 0 Å². The zero-order chi connectivity index (χ0) is 25.5. The molecule has 0 amide bonds. The van der Waals surface area contributed by atoms with E-state index in [1.807, 2.05) is 35.8 Å². The molecule has 0 saturated carbocycles. The van der Waals surface area contributed by atoms with Gasteiger partial charge in [-0.2, -0.15) is 36.9 Å². The zero-order valence-electron chi connectivity index (χ0n) is 18.1. The first-order valence-corrected chi connectivity index (χ1v) is 10.3. The minimum Gasteiger partial charge on any atom is -0.341 e. The lowest BCUT2D eigenvalue weighted by Gasteiger charge is -2.14. The van der Waals surface area contributed by atoms with Crippen LogP contribution in [0.3, 0.4) is 0 Å². The van der Waals surface area contributed by atoms with E-state index in [4.69, 9.17) is 0 Å². The van der Waals surface area contributed by atoms with E-state index in [0.29, 0.717) is 18.7 Å². The summed E-state index contributed by atoms with van der Waals surface area (Å²) in [6, 6.07) is 16.7.